The number of likely N-dealkylation sites (tertiary alicyclic amines) is 1. The van der Waals surface area contributed by atoms with Crippen LogP contribution in [-0.4, -0.2) is 29.1 Å². The summed E-state index contributed by atoms with van der Waals surface area (Å²) in [7, 11) is 0. The molecule has 2 heteroatoms. The highest BCUT2D eigenvalue weighted by Crippen LogP contribution is 2.47. The van der Waals surface area contributed by atoms with E-state index >= 15 is 0 Å². The van der Waals surface area contributed by atoms with Gasteiger partial charge in [0, 0.05) is 17.6 Å². The average Bonchev–Trinajstić information content (AvgIpc) is 2.90. The molecule has 2 nitrogen and oxygen atoms in total. The zero-order chi connectivity index (χ0) is 10.4. The first-order valence-electron chi connectivity index (χ1n) is 5.98. The van der Waals surface area contributed by atoms with Crippen LogP contribution in [-0.2, 0) is 0 Å². The Balaban J connectivity index is 2.18. The van der Waals surface area contributed by atoms with Gasteiger partial charge in [0.25, 0.3) is 0 Å². The van der Waals surface area contributed by atoms with Crippen molar-refractivity contribution >= 4 is 0 Å². The molecule has 1 saturated carbocycles. The molecule has 2 rings (SSSR count). The van der Waals surface area contributed by atoms with Crippen LogP contribution in [0.3, 0.4) is 0 Å². The molecule has 0 spiro atoms. The molecule has 0 amide bonds. The van der Waals surface area contributed by atoms with Crippen molar-refractivity contribution in [3.8, 4) is 0 Å². The molecule has 0 aromatic carbocycles. The molecule has 0 aromatic rings. The minimum Gasteiger partial charge on any atom is -0.329 e. The number of rotatable bonds is 3. The first kappa shape index (κ1) is 10.4. The normalized spacial score (nSPS) is 31.7. The van der Waals surface area contributed by atoms with Gasteiger partial charge in [-0.25, -0.2) is 0 Å². The van der Waals surface area contributed by atoms with Gasteiger partial charge in [-0.15, -0.1) is 0 Å². The molecule has 2 N–H and O–H groups in total. The third-order valence-corrected chi connectivity index (χ3v) is 4.39. The predicted molar refractivity (Wildman–Crippen MR) is 60.2 cm³/mol. The largest absolute Gasteiger partial charge is 0.329 e. The molecule has 1 aliphatic heterocycles. The van der Waals surface area contributed by atoms with Crippen LogP contribution in [0.1, 0.15) is 46.5 Å². The van der Waals surface area contributed by atoms with E-state index in [1.807, 2.05) is 0 Å². The Bertz CT molecular complexity index is 220. The fourth-order valence-electron chi connectivity index (χ4n) is 3.26. The van der Waals surface area contributed by atoms with Crippen molar-refractivity contribution in [3.05, 3.63) is 0 Å². The molecule has 2 aliphatic rings. The molecule has 2 fully saturated rings. The van der Waals surface area contributed by atoms with Gasteiger partial charge in [-0.05, 0) is 58.9 Å². The number of nitrogens with two attached hydrogens (primary N) is 1. The summed E-state index contributed by atoms with van der Waals surface area (Å²) in [6.07, 6.45) is 5.45. The lowest BCUT2D eigenvalue weighted by Crippen LogP contribution is -2.58. The van der Waals surface area contributed by atoms with Crippen LogP contribution in [0.15, 0.2) is 0 Å². The van der Waals surface area contributed by atoms with E-state index in [1.54, 1.807) is 0 Å². The molecule has 1 aliphatic carbocycles. The van der Waals surface area contributed by atoms with Crippen molar-refractivity contribution in [2.45, 2.75) is 57.5 Å². The lowest BCUT2D eigenvalue weighted by atomic mass is 9.89. The minimum absolute atomic E-state index is 0.278. The predicted octanol–water partition coefficient (Wildman–Crippen LogP) is 1.99. The van der Waals surface area contributed by atoms with E-state index < -0.39 is 0 Å². The third kappa shape index (κ3) is 1.49. The molecule has 1 atom stereocenters. The van der Waals surface area contributed by atoms with Crippen LogP contribution < -0.4 is 5.73 Å². The molecular formula is C12H24N2. The number of nitrogens with zero attached hydrogens (tertiary/aromatic N) is 1. The SMILES string of the molecule is CC1(C)CCCN1C(C)(CN)C1CC1. The summed E-state index contributed by atoms with van der Waals surface area (Å²) in [5, 5.41) is 0. The number of hydrogen-bond donors (Lipinski definition) is 1. The third-order valence-electron chi connectivity index (χ3n) is 4.39. The van der Waals surface area contributed by atoms with Crippen LogP contribution >= 0.6 is 0 Å². The first-order chi connectivity index (χ1) is 6.50. The zero-order valence-corrected chi connectivity index (χ0v) is 9.84. The highest BCUT2D eigenvalue weighted by atomic mass is 15.3. The van der Waals surface area contributed by atoms with Gasteiger partial charge < -0.3 is 5.73 Å². The van der Waals surface area contributed by atoms with Gasteiger partial charge in [-0.2, -0.15) is 0 Å². The molecule has 0 bridgehead atoms. The van der Waals surface area contributed by atoms with Gasteiger partial charge in [0.05, 0.1) is 0 Å². The monoisotopic (exact) mass is 196 g/mol. The second-order valence-corrected chi connectivity index (χ2v) is 5.90. The van der Waals surface area contributed by atoms with Crippen molar-refractivity contribution in [1.82, 2.24) is 4.90 Å². The maximum Gasteiger partial charge on any atom is 0.0336 e. The summed E-state index contributed by atoms with van der Waals surface area (Å²) >= 11 is 0. The van der Waals surface area contributed by atoms with Crippen LogP contribution in [0.4, 0.5) is 0 Å². The Hall–Kier alpha value is -0.0800. The Kier molecular flexibility index (Phi) is 2.39. The van der Waals surface area contributed by atoms with E-state index in [1.165, 1.54) is 32.2 Å². The summed E-state index contributed by atoms with van der Waals surface area (Å²) in [6.45, 7) is 9.18. The van der Waals surface area contributed by atoms with E-state index in [4.69, 9.17) is 5.73 Å². The zero-order valence-electron chi connectivity index (χ0n) is 9.84. The molecule has 82 valence electrons. The van der Waals surface area contributed by atoms with Crippen molar-refractivity contribution < 1.29 is 0 Å². The van der Waals surface area contributed by atoms with Gasteiger partial charge in [0.2, 0.25) is 0 Å². The Labute approximate surface area is 87.8 Å². The summed E-state index contributed by atoms with van der Waals surface area (Å²) in [5.74, 6) is 0.866. The standard InChI is InChI=1S/C12H24N2/c1-11(2)7-4-8-14(11)12(3,9-13)10-5-6-10/h10H,4-9,13H2,1-3H3. The van der Waals surface area contributed by atoms with Crippen LogP contribution in [0.2, 0.25) is 0 Å². The van der Waals surface area contributed by atoms with Gasteiger partial charge in [-0.1, -0.05) is 0 Å². The molecule has 0 aromatic heterocycles. The van der Waals surface area contributed by atoms with Gasteiger partial charge in [0.15, 0.2) is 0 Å². The Morgan fingerprint density at radius 1 is 1.43 bits per heavy atom. The second kappa shape index (κ2) is 3.21. The van der Waals surface area contributed by atoms with E-state index in [-0.39, 0.29) is 5.54 Å². The summed E-state index contributed by atoms with van der Waals surface area (Å²) in [6, 6.07) is 0. The fourth-order valence-corrected chi connectivity index (χ4v) is 3.26. The van der Waals surface area contributed by atoms with Crippen molar-refractivity contribution in [2.24, 2.45) is 11.7 Å². The first-order valence-corrected chi connectivity index (χ1v) is 5.98. The number of hydrogen-bond acceptors (Lipinski definition) is 2. The summed E-state index contributed by atoms with van der Waals surface area (Å²) in [5.41, 5.74) is 6.66. The summed E-state index contributed by atoms with van der Waals surface area (Å²) < 4.78 is 0. The van der Waals surface area contributed by atoms with E-state index in [0.29, 0.717) is 5.54 Å². The summed E-state index contributed by atoms with van der Waals surface area (Å²) in [4.78, 5) is 2.68. The molecule has 1 heterocycles. The maximum absolute atomic E-state index is 6.01. The molecule has 1 unspecified atom stereocenters. The highest BCUT2D eigenvalue weighted by molar-refractivity contribution is 5.06. The van der Waals surface area contributed by atoms with Crippen LogP contribution in [0.5, 0.6) is 0 Å². The Morgan fingerprint density at radius 3 is 2.43 bits per heavy atom. The second-order valence-electron chi connectivity index (χ2n) is 5.90. The van der Waals surface area contributed by atoms with Gasteiger partial charge in [-0.3, -0.25) is 4.90 Å². The topological polar surface area (TPSA) is 29.3 Å². The highest BCUT2D eigenvalue weighted by Gasteiger charge is 2.50. The molecule has 0 radical (unpaired) electrons. The van der Waals surface area contributed by atoms with E-state index in [2.05, 4.69) is 25.7 Å². The lowest BCUT2D eigenvalue weighted by Gasteiger charge is -2.46. The Morgan fingerprint density at radius 2 is 2.07 bits per heavy atom. The molecular weight excluding hydrogens is 172 g/mol. The van der Waals surface area contributed by atoms with E-state index in [0.717, 1.165) is 12.5 Å². The van der Waals surface area contributed by atoms with Gasteiger partial charge >= 0.3 is 0 Å². The van der Waals surface area contributed by atoms with Crippen molar-refractivity contribution in [3.63, 3.8) is 0 Å². The average molecular weight is 196 g/mol. The smallest absolute Gasteiger partial charge is 0.0336 e. The van der Waals surface area contributed by atoms with Gasteiger partial charge in [0.1, 0.15) is 0 Å². The lowest BCUT2D eigenvalue weighted by molar-refractivity contribution is 0.0317. The van der Waals surface area contributed by atoms with Crippen LogP contribution in [0, 0.1) is 5.92 Å². The quantitative estimate of drug-likeness (QED) is 0.748. The van der Waals surface area contributed by atoms with E-state index in [9.17, 15) is 0 Å². The van der Waals surface area contributed by atoms with Crippen molar-refractivity contribution in [2.75, 3.05) is 13.1 Å². The van der Waals surface area contributed by atoms with Crippen molar-refractivity contribution in [1.29, 1.82) is 0 Å². The molecule has 14 heavy (non-hydrogen) atoms. The minimum atomic E-state index is 0.278. The fraction of sp³-hybridized carbons (Fsp3) is 1.00. The maximum atomic E-state index is 6.01. The molecule has 1 saturated heterocycles. The van der Waals surface area contributed by atoms with Crippen LogP contribution in [0.25, 0.3) is 0 Å².